The van der Waals surface area contributed by atoms with E-state index in [1.54, 1.807) is 6.08 Å². The van der Waals surface area contributed by atoms with Gasteiger partial charge in [0.2, 0.25) is 5.91 Å². The molecule has 2 heterocycles. The molecular weight excluding hydrogens is 1010 g/mol. The first-order chi connectivity index (χ1) is 39.1. The lowest BCUT2D eigenvalue weighted by Crippen LogP contribution is -2.65. The summed E-state index contributed by atoms with van der Waals surface area (Å²) in [5, 5.41) is 87.3. The van der Waals surface area contributed by atoms with E-state index in [9.17, 15) is 45.6 Å². The van der Waals surface area contributed by atoms with E-state index in [-0.39, 0.29) is 18.9 Å². The summed E-state index contributed by atoms with van der Waals surface area (Å²) in [7, 11) is 0. The molecule has 2 saturated heterocycles. The van der Waals surface area contributed by atoms with Crippen molar-refractivity contribution in [3.63, 3.8) is 0 Å². The molecule has 0 aromatic rings. The van der Waals surface area contributed by atoms with Crippen molar-refractivity contribution in [1.82, 2.24) is 5.32 Å². The van der Waals surface area contributed by atoms with E-state index < -0.39 is 86.8 Å². The molecule has 2 rings (SSSR count). The topological polar surface area (TPSA) is 228 Å². The minimum Gasteiger partial charge on any atom is -0.394 e. The van der Waals surface area contributed by atoms with E-state index in [0.717, 1.165) is 38.5 Å². The van der Waals surface area contributed by atoms with Crippen LogP contribution in [0.4, 0.5) is 0 Å². The van der Waals surface area contributed by atoms with Gasteiger partial charge in [0, 0.05) is 6.42 Å². The van der Waals surface area contributed by atoms with Crippen molar-refractivity contribution in [1.29, 1.82) is 0 Å². The largest absolute Gasteiger partial charge is 0.394 e. The minimum atomic E-state index is -1.79. The number of allylic oxidation sites excluding steroid dienone is 3. The predicted molar refractivity (Wildman–Crippen MR) is 323 cm³/mol. The first kappa shape index (κ1) is 74.6. The van der Waals surface area contributed by atoms with Crippen molar-refractivity contribution in [2.75, 3.05) is 19.8 Å². The third-order valence-electron chi connectivity index (χ3n) is 16.6. The van der Waals surface area contributed by atoms with Gasteiger partial charge < -0.3 is 65.1 Å². The molecule has 0 bridgehead atoms. The minimum absolute atomic E-state index is 0.234. The number of ether oxygens (including phenoxy) is 4. The van der Waals surface area contributed by atoms with Crippen molar-refractivity contribution in [2.45, 2.75) is 370 Å². The molecule has 2 aliphatic heterocycles. The molecule has 0 radical (unpaired) electrons. The Kier molecular flexibility index (Phi) is 48.3. The van der Waals surface area contributed by atoms with Gasteiger partial charge in [-0.25, -0.2) is 0 Å². The molecule has 80 heavy (non-hydrogen) atoms. The van der Waals surface area contributed by atoms with Crippen LogP contribution in [0, 0.1) is 0 Å². The Morgan fingerprint density at radius 1 is 0.438 bits per heavy atom. The summed E-state index contributed by atoms with van der Waals surface area (Å²) in [6.45, 7) is 2.84. The van der Waals surface area contributed by atoms with Gasteiger partial charge in [-0.1, -0.05) is 269 Å². The average Bonchev–Trinajstić information content (AvgIpc) is 3.46. The third kappa shape index (κ3) is 36.3. The highest BCUT2D eigenvalue weighted by Gasteiger charge is 2.51. The van der Waals surface area contributed by atoms with Crippen molar-refractivity contribution in [3.05, 3.63) is 24.3 Å². The normalized spacial score (nSPS) is 24.3. The highest BCUT2D eigenvalue weighted by molar-refractivity contribution is 5.76. The van der Waals surface area contributed by atoms with Crippen LogP contribution in [0.15, 0.2) is 24.3 Å². The van der Waals surface area contributed by atoms with E-state index in [0.29, 0.717) is 6.42 Å². The fourth-order valence-electron chi connectivity index (χ4n) is 11.2. The Bertz CT molecular complexity index is 1440. The summed E-state index contributed by atoms with van der Waals surface area (Å²) >= 11 is 0. The average molecular weight is 1140 g/mol. The molecule has 0 spiro atoms. The van der Waals surface area contributed by atoms with Crippen LogP contribution in [0.3, 0.4) is 0 Å². The number of amides is 1. The molecular formula is C66H125NO13. The molecule has 12 atom stereocenters. The van der Waals surface area contributed by atoms with Crippen molar-refractivity contribution < 1.29 is 64.6 Å². The molecule has 0 aromatic carbocycles. The smallest absolute Gasteiger partial charge is 0.220 e. The van der Waals surface area contributed by atoms with Gasteiger partial charge >= 0.3 is 0 Å². The second-order valence-corrected chi connectivity index (χ2v) is 24.0. The zero-order valence-electron chi connectivity index (χ0n) is 51.1. The number of nitrogens with one attached hydrogen (secondary N) is 1. The summed E-state index contributed by atoms with van der Waals surface area (Å²) < 4.78 is 22.8. The number of aliphatic hydroxyl groups is 8. The van der Waals surface area contributed by atoms with Crippen molar-refractivity contribution in [2.24, 2.45) is 0 Å². The van der Waals surface area contributed by atoms with Gasteiger partial charge in [0.15, 0.2) is 12.6 Å². The summed E-state index contributed by atoms with van der Waals surface area (Å²) in [5.41, 5.74) is 0. The highest BCUT2D eigenvalue weighted by Crippen LogP contribution is 2.30. The van der Waals surface area contributed by atoms with Gasteiger partial charge in [-0.15, -0.1) is 0 Å². The number of rotatable bonds is 55. The monoisotopic (exact) mass is 1140 g/mol. The fraction of sp³-hybridized carbons (Fsp3) is 0.924. The van der Waals surface area contributed by atoms with Crippen molar-refractivity contribution >= 4 is 5.91 Å². The maximum atomic E-state index is 13.3. The predicted octanol–water partition coefficient (Wildman–Crippen LogP) is 12.8. The van der Waals surface area contributed by atoms with Gasteiger partial charge in [-0.05, 0) is 44.9 Å². The number of carbonyl (C=O) groups is 1. The first-order valence-electron chi connectivity index (χ1n) is 33.6. The quantitative estimate of drug-likeness (QED) is 0.0204. The maximum absolute atomic E-state index is 13.3. The first-order valence-corrected chi connectivity index (χ1v) is 33.6. The van der Waals surface area contributed by atoms with Crippen LogP contribution >= 0.6 is 0 Å². The Hall–Kier alpha value is -1.53. The fourth-order valence-corrected chi connectivity index (χ4v) is 11.2. The molecule has 2 fully saturated rings. The van der Waals surface area contributed by atoms with Crippen LogP contribution in [0.5, 0.6) is 0 Å². The van der Waals surface area contributed by atoms with E-state index in [4.69, 9.17) is 18.9 Å². The Balaban J connectivity index is 1.67. The van der Waals surface area contributed by atoms with Crippen LogP contribution < -0.4 is 5.32 Å². The zero-order chi connectivity index (χ0) is 58.1. The Morgan fingerprint density at radius 2 is 0.787 bits per heavy atom. The summed E-state index contributed by atoms with van der Waals surface area (Å²) in [6, 6.07) is -0.912. The maximum Gasteiger partial charge on any atom is 0.220 e. The molecule has 0 aliphatic carbocycles. The Labute approximate surface area is 488 Å². The highest BCUT2D eigenvalue weighted by atomic mass is 16.7. The number of carbonyl (C=O) groups excluding carboxylic acids is 1. The molecule has 9 N–H and O–H groups in total. The lowest BCUT2D eigenvalue weighted by molar-refractivity contribution is -0.359. The molecule has 2 aliphatic rings. The van der Waals surface area contributed by atoms with Gasteiger partial charge in [-0.2, -0.15) is 0 Å². The van der Waals surface area contributed by atoms with Crippen LogP contribution in [0.1, 0.15) is 296 Å². The van der Waals surface area contributed by atoms with Gasteiger partial charge in [0.25, 0.3) is 0 Å². The molecule has 472 valence electrons. The van der Waals surface area contributed by atoms with Gasteiger partial charge in [0.1, 0.15) is 48.8 Å². The van der Waals surface area contributed by atoms with E-state index in [1.807, 2.05) is 6.08 Å². The van der Waals surface area contributed by atoms with Crippen LogP contribution in [0.25, 0.3) is 0 Å². The van der Waals surface area contributed by atoms with E-state index in [1.165, 1.54) is 231 Å². The number of unbranched alkanes of at least 4 members (excludes halogenated alkanes) is 40. The summed E-state index contributed by atoms with van der Waals surface area (Å²) in [5.74, 6) is -0.234. The molecule has 1 amide bonds. The van der Waals surface area contributed by atoms with E-state index >= 15 is 0 Å². The molecule has 14 nitrogen and oxygen atoms in total. The second kappa shape index (κ2) is 51.9. The van der Waals surface area contributed by atoms with Crippen LogP contribution in [-0.2, 0) is 23.7 Å². The zero-order valence-corrected chi connectivity index (χ0v) is 51.1. The second-order valence-electron chi connectivity index (χ2n) is 24.0. The van der Waals surface area contributed by atoms with E-state index in [2.05, 4.69) is 31.3 Å². The number of aliphatic hydroxyl groups excluding tert-OH is 8. The van der Waals surface area contributed by atoms with Crippen molar-refractivity contribution in [3.8, 4) is 0 Å². The van der Waals surface area contributed by atoms with Crippen LogP contribution in [-0.4, -0.2) is 140 Å². The number of hydrogen-bond donors (Lipinski definition) is 9. The summed E-state index contributed by atoms with van der Waals surface area (Å²) in [6.07, 6.45) is 46.6. The van der Waals surface area contributed by atoms with Gasteiger partial charge in [-0.3, -0.25) is 4.79 Å². The SMILES string of the molecule is CCCCCCCCCC/C=C\CCCCCCCCCCCCCCCCCCCC(=O)NC(COC1OC(CO)C(OC2OC(CO)C(O)C(O)C2O)C(O)C1O)C(O)/C=C/CCCCCCCCCCCCCCCCC. The lowest BCUT2D eigenvalue weighted by Gasteiger charge is -2.46. The molecule has 12 unspecified atom stereocenters. The standard InChI is InChI=1S/C66H125NO13/c1-3-5-7-9-11-13-15-17-19-21-22-23-24-25-26-27-28-29-30-31-32-34-36-38-40-42-44-46-48-50-58(71)67-54(55(70)49-47-45-43-41-39-37-35-33-20-18-16-14-12-10-8-6-4-2)53-77-65-63(76)61(74)64(57(52-69)79-65)80-66-62(75)60(73)59(72)56(51-68)78-66/h21-22,47,49,54-57,59-66,68-70,72-76H,3-20,23-46,48,50-53H2,1-2H3,(H,67,71)/b22-21-,49-47+. The third-order valence-corrected chi connectivity index (χ3v) is 16.6. The molecule has 0 saturated carbocycles. The van der Waals surface area contributed by atoms with Gasteiger partial charge in [0.05, 0.1) is 32.0 Å². The molecule has 0 aromatic heterocycles. The molecule has 14 heteroatoms. The number of hydrogen-bond acceptors (Lipinski definition) is 13. The lowest BCUT2D eigenvalue weighted by atomic mass is 9.97. The Morgan fingerprint density at radius 3 is 1.19 bits per heavy atom. The van der Waals surface area contributed by atoms with Crippen LogP contribution in [0.2, 0.25) is 0 Å². The summed E-state index contributed by atoms with van der Waals surface area (Å²) in [4.78, 5) is 13.3.